The van der Waals surface area contributed by atoms with Gasteiger partial charge in [0.05, 0.1) is 6.10 Å². The van der Waals surface area contributed by atoms with Gasteiger partial charge in [-0.3, -0.25) is 9.80 Å². The maximum Gasteiger partial charge on any atom is 0.0639 e. The van der Waals surface area contributed by atoms with Crippen LogP contribution in [-0.4, -0.2) is 59.8 Å². The standard InChI is InChI=1S/C12H26N2O/c1-4-6-14-8-7-13(9-11(3)15)10-12(14)5-2/h11-12,15H,4-10H2,1-3H3. The SMILES string of the molecule is CCCN1CCN(CC(C)O)CC1CC. The summed E-state index contributed by atoms with van der Waals surface area (Å²) < 4.78 is 0. The van der Waals surface area contributed by atoms with Gasteiger partial charge in [-0.05, 0) is 26.3 Å². The van der Waals surface area contributed by atoms with Crippen LogP contribution >= 0.6 is 0 Å². The second kappa shape index (κ2) is 6.46. The molecule has 0 aromatic carbocycles. The molecule has 90 valence electrons. The lowest BCUT2D eigenvalue weighted by molar-refractivity contribution is 0.0434. The zero-order valence-corrected chi connectivity index (χ0v) is 10.4. The van der Waals surface area contributed by atoms with E-state index in [1.165, 1.54) is 25.9 Å². The van der Waals surface area contributed by atoms with Gasteiger partial charge in [0.25, 0.3) is 0 Å². The number of rotatable bonds is 5. The first-order valence-corrected chi connectivity index (χ1v) is 6.31. The molecule has 0 spiro atoms. The molecular weight excluding hydrogens is 188 g/mol. The fourth-order valence-electron chi connectivity index (χ4n) is 2.47. The Morgan fingerprint density at radius 1 is 1.33 bits per heavy atom. The largest absolute Gasteiger partial charge is 0.392 e. The van der Waals surface area contributed by atoms with Gasteiger partial charge in [-0.15, -0.1) is 0 Å². The minimum atomic E-state index is -0.194. The molecular formula is C12H26N2O. The maximum atomic E-state index is 9.38. The van der Waals surface area contributed by atoms with E-state index >= 15 is 0 Å². The molecule has 0 radical (unpaired) electrons. The van der Waals surface area contributed by atoms with Crippen LogP contribution in [0.1, 0.15) is 33.6 Å². The van der Waals surface area contributed by atoms with Gasteiger partial charge in [-0.2, -0.15) is 0 Å². The number of hydrogen-bond acceptors (Lipinski definition) is 3. The van der Waals surface area contributed by atoms with Crippen LogP contribution in [0, 0.1) is 0 Å². The number of aliphatic hydroxyl groups excluding tert-OH is 1. The Labute approximate surface area is 94.1 Å². The van der Waals surface area contributed by atoms with Crippen molar-refractivity contribution in [3.8, 4) is 0 Å². The highest BCUT2D eigenvalue weighted by molar-refractivity contribution is 4.81. The van der Waals surface area contributed by atoms with Crippen LogP contribution in [0.15, 0.2) is 0 Å². The molecule has 0 aromatic rings. The van der Waals surface area contributed by atoms with Crippen molar-refractivity contribution in [1.29, 1.82) is 0 Å². The van der Waals surface area contributed by atoms with E-state index in [-0.39, 0.29) is 6.10 Å². The van der Waals surface area contributed by atoms with Gasteiger partial charge in [-0.1, -0.05) is 13.8 Å². The van der Waals surface area contributed by atoms with Crippen molar-refractivity contribution in [2.45, 2.75) is 45.8 Å². The summed E-state index contributed by atoms with van der Waals surface area (Å²) in [4.78, 5) is 4.99. The predicted octanol–water partition coefficient (Wildman–Crippen LogP) is 1.17. The van der Waals surface area contributed by atoms with Crippen LogP contribution in [-0.2, 0) is 0 Å². The van der Waals surface area contributed by atoms with Gasteiger partial charge in [0.1, 0.15) is 0 Å². The molecule has 0 saturated carbocycles. The fourth-order valence-corrected chi connectivity index (χ4v) is 2.47. The minimum absolute atomic E-state index is 0.194. The lowest BCUT2D eigenvalue weighted by Crippen LogP contribution is -2.54. The van der Waals surface area contributed by atoms with Crippen LogP contribution in [0.2, 0.25) is 0 Å². The molecule has 0 amide bonds. The lowest BCUT2D eigenvalue weighted by Gasteiger charge is -2.41. The third-order valence-corrected chi connectivity index (χ3v) is 3.19. The molecule has 0 aliphatic carbocycles. The summed E-state index contributed by atoms with van der Waals surface area (Å²) in [5.41, 5.74) is 0. The van der Waals surface area contributed by atoms with E-state index < -0.39 is 0 Å². The summed E-state index contributed by atoms with van der Waals surface area (Å²) in [6.07, 6.45) is 2.27. The molecule has 2 atom stereocenters. The van der Waals surface area contributed by atoms with Crippen molar-refractivity contribution >= 4 is 0 Å². The first-order chi connectivity index (χ1) is 7.17. The number of hydrogen-bond donors (Lipinski definition) is 1. The third kappa shape index (κ3) is 4.09. The quantitative estimate of drug-likeness (QED) is 0.744. The zero-order valence-electron chi connectivity index (χ0n) is 10.4. The summed E-state index contributed by atoms with van der Waals surface area (Å²) in [6.45, 7) is 11.8. The van der Waals surface area contributed by atoms with Crippen molar-refractivity contribution < 1.29 is 5.11 Å². The molecule has 1 fully saturated rings. The van der Waals surface area contributed by atoms with Gasteiger partial charge in [-0.25, -0.2) is 0 Å². The number of aliphatic hydroxyl groups is 1. The van der Waals surface area contributed by atoms with Crippen LogP contribution in [0.4, 0.5) is 0 Å². The summed E-state index contributed by atoms with van der Waals surface area (Å²) in [5.74, 6) is 0. The number of piperazine rings is 1. The third-order valence-electron chi connectivity index (χ3n) is 3.19. The monoisotopic (exact) mass is 214 g/mol. The van der Waals surface area contributed by atoms with Crippen molar-refractivity contribution in [2.75, 3.05) is 32.7 Å². The lowest BCUT2D eigenvalue weighted by atomic mass is 10.1. The fraction of sp³-hybridized carbons (Fsp3) is 1.00. The molecule has 3 heteroatoms. The topological polar surface area (TPSA) is 26.7 Å². The highest BCUT2D eigenvalue weighted by Crippen LogP contribution is 2.13. The molecule has 1 aliphatic rings. The highest BCUT2D eigenvalue weighted by Gasteiger charge is 2.25. The molecule has 15 heavy (non-hydrogen) atoms. The Bertz CT molecular complexity index is 173. The first kappa shape index (κ1) is 12.9. The minimum Gasteiger partial charge on any atom is -0.392 e. The zero-order chi connectivity index (χ0) is 11.3. The van der Waals surface area contributed by atoms with Crippen LogP contribution in [0.25, 0.3) is 0 Å². The summed E-state index contributed by atoms with van der Waals surface area (Å²) in [7, 11) is 0. The van der Waals surface area contributed by atoms with Gasteiger partial charge in [0.15, 0.2) is 0 Å². The van der Waals surface area contributed by atoms with Gasteiger partial charge < -0.3 is 5.11 Å². The Balaban J connectivity index is 2.40. The molecule has 1 heterocycles. The molecule has 1 rings (SSSR count). The Morgan fingerprint density at radius 3 is 2.60 bits per heavy atom. The van der Waals surface area contributed by atoms with Crippen molar-refractivity contribution in [3.05, 3.63) is 0 Å². The predicted molar refractivity (Wildman–Crippen MR) is 64.1 cm³/mol. The average molecular weight is 214 g/mol. The van der Waals surface area contributed by atoms with E-state index in [9.17, 15) is 5.11 Å². The summed E-state index contributed by atoms with van der Waals surface area (Å²) in [5, 5.41) is 9.38. The smallest absolute Gasteiger partial charge is 0.0639 e. The highest BCUT2D eigenvalue weighted by atomic mass is 16.3. The number of β-amino-alcohol motifs (C(OH)–C–C–N with tert-alkyl or cyclic N) is 1. The molecule has 0 aromatic heterocycles. The Morgan fingerprint density at radius 2 is 2.07 bits per heavy atom. The molecule has 1 N–H and O–H groups in total. The van der Waals surface area contributed by atoms with Crippen molar-refractivity contribution in [1.82, 2.24) is 9.80 Å². The molecule has 1 aliphatic heterocycles. The second-order valence-corrected chi connectivity index (χ2v) is 4.71. The average Bonchev–Trinajstić information content (AvgIpc) is 2.20. The second-order valence-electron chi connectivity index (χ2n) is 4.71. The van der Waals surface area contributed by atoms with Crippen LogP contribution in [0.3, 0.4) is 0 Å². The van der Waals surface area contributed by atoms with E-state index in [0.29, 0.717) is 6.04 Å². The van der Waals surface area contributed by atoms with E-state index in [1.807, 2.05) is 6.92 Å². The molecule has 2 unspecified atom stereocenters. The van der Waals surface area contributed by atoms with Crippen LogP contribution < -0.4 is 0 Å². The van der Waals surface area contributed by atoms with Gasteiger partial charge in [0, 0.05) is 32.2 Å². The van der Waals surface area contributed by atoms with E-state index in [1.54, 1.807) is 0 Å². The van der Waals surface area contributed by atoms with E-state index in [2.05, 4.69) is 23.6 Å². The summed E-state index contributed by atoms with van der Waals surface area (Å²) >= 11 is 0. The van der Waals surface area contributed by atoms with Gasteiger partial charge >= 0.3 is 0 Å². The first-order valence-electron chi connectivity index (χ1n) is 6.31. The van der Waals surface area contributed by atoms with Crippen molar-refractivity contribution in [2.24, 2.45) is 0 Å². The maximum absolute atomic E-state index is 9.38. The molecule has 0 bridgehead atoms. The van der Waals surface area contributed by atoms with E-state index in [0.717, 1.165) is 19.6 Å². The Kier molecular flexibility index (Phi) is 5.58. The number of nitrogens with zero attached hydrogens (tertiary/aromatic N) is 2. The summed E-state index contributed by atoms with van der Waals surface area (Å²) in [6, 6.07) is 0.692. The van der Waals surface area contributed by atoms with E-state index in [4.69, 9.17) is 0 Å². The Hall–Kier alpha value is -0.120. The van der Waals surface area contributed by atoms with Crippen molar-refractivity contribution in [3.63, 3.8) is 0 Å². The van der Waals surface area contributed by atoms with Gasteiger partial charge in [0.2, 0.25) is 0 Å². The normalized spacial score (nSPS) is 26.8. The molecule has 3 nitrogen and oxygen atoms in total. The van der Waals surface area contributed by atoms with Crippen LogP contribution in [0.5, 0.6) is 0 Å². The molecule has 1 saturated heterocycles.